The van der Waals surface area contributed by atoms with Crippen molar-refractivity contribution in [2.75, 3.05) is 7.05 Å². The second-order valence-electron chi connectivity index (χ2n) is 1.30. The van der Waals surface area contributed by atoms with E-state index in [-0.39, 0.29) is 0 Å². The third kappa shape index (κ3) is 5.58. The molecule has 0 saturated carbocycles. The van der Waals surface area contributed by atoms with Crippen LogP contribution in [0.5, 0.6) is 0 Å². The molecule has 0 atom stereocenters. The van der Waals surface area contributed by atoms with E-state index in [1.807, 2.05) is 0 Å². The largest absolute Gasteiger partial charge is 0.478 e. The first-order chi connectivity index (χ1) is 4.66. The van der Waals surface area contributed by atoms with Gasteiger partial charge in [-0.05, 0) is 5.41 Å². The molecule has 0 heterocycles. The summed E-state index contributed by atoms with van der Waals surface area (Å²) in [7, 11) is 1.68. The molecule has 0 aliphatic rings. The molecule has 3 nitrogen and oxygen atoms in total. The van der Waals surface area contributed by atoms with Gasteiger partial charge in [-0.3, -0.25) is 0 Å². The van der Waals surface area contributed by atoms with Crippen LogP contribution in [0.15, 0.2) is 11.5 Å². The summed E-state index contributed by atoms with van der Waals surface area (Å²) < 4.78 is 0.553. The van der Waals surface area contributed by atoms with E-state index in [1.54, 1.807) is 7.05 Å². The van der Waals surface area contributed by atoms with Crippen molar-refractivity contribution in [1.29, 1.82) is 0 Å². The van der Waals surface area contributed by atoms with Gasteiger partial charge in [0, 0.05) is 13.1 Å². The number of hydrogen-bond acceptors (Lipinski definition) is 3. The fourth-order valence-electron chi connectivity index (χ4n) is 0.213. The third-order valence-electron chi connectivity index (χ3n) is 0.590. The molecule has 0 aromatic heterocycles. The van der Waals surface area contributed by atoms with E-state index < -0.39 is 5.97 Å². The molecule has 0 spiro atoms. The summed E-state index contributed by atoms with van der Waals surface area (Å²) in [4.78, 5) is 9.91. The smallest absolute Gasteiger partial charge is 0.328 e. The fraction of sp³-hybridized carbons (Fsp3) is 0.200. The van der Waals surface area contributed by atoms with E-state index >= 15 is 0 Å². The number of carboxylic acids is 1. The molecule has 0 radical (unpaired) electrons. The number of carboxylic acid groups (broad SMARTS) is 1. The van der Waals surface area contributed by atoms with Gasteiger partial charge in [-0.15, -0.1) is 0 Å². The van der Waals surface area contributed by atoms with Crippen LogP contribution in [0.3, 0.4) is 0 Å². The highest BCUT2D eigenvalue weighted by molar-refractivity contribution is 8.24. The number of rotatable bonds is 2. The highest BCUT2D eigenvalue weighted by Gasteiger charge is 1.88. The van der Waals surface area contributed by atoms with Crippen molar-refractivity contribution in [3.8, 4) is 0 Å². The van der Waals surface area contributed by atoms with E-state index in [0.717, 1.165) is 17.8 Å². The summed E-state index contributed by atoms with van der Waals surface area (Å²) in [5.41, 5.74) is 0. The number of nitrogens with one attached hydrogen (secondary N) is 1. The molecule has 0 fully saturated rings. The van der Waals surface area contributed by atoms with Crippen LogP contribution in [0.2, 0.25) is 0 Å². The molecule has 0 aromatic carbocycles. The Morgan fingerprint density at radius 3 is 2.80 bits per heavy atom. The van der Waals surface area contributed by atoms with E-state index in [4.69, 9.17) is 17.3 Å². The Labute approximate surface area is 68.5 Å². The number of aliphatic carboxylic acids is 1. The minimum atomic E-state index is -0.966. The van der Waals surface area contributed by atoms with Gasteiger partial charge in [0.1, 0.15) is 4.32 Å². The van der Waals surface area contributed by atoms with E-state index in [1.165, 1.54) is 5.41 Å². The maximum atomic E-state index is 9.91. The topological polar surface area (TPSA) is 49.3 Å². The standard InChI is InChI=1S/C5H7NO2S2/c1-6-5(9)10-3-2-4(7)8/h2-3H,1H3,(H,6,9)(H,7,8)/b3-2+. The average molecular weight is 177 g/mol. The molecule has 0 saturated heterocycles. The highest BCUT2D eigenvalue weighted by Crippen LogP contribution is 2.01. The van der Waals surface area contributed by atoms with Gasteiger partial charge in [0.2, 0.25) is 0 Å². The second-order valence-corrected chi connectivity index (χ2v) is 2.88. The maximum Gasteiger partial charge on any atom is 0.328 e. The van der Waals surface area contributed by atoms with Gasteiger partial charge < -0.3 is 10.4 Å². The first kappa shape index (κ1) is 9.45. The predicted molar refractivity (Wildman–Crippen MR) is 46.0 cm³/mol. The van der Waals surface area contributed by atoms with Crippen molar-refractivity contribution in [1.82, 2.24) is 5.32 Å². The van der Waals surface area contributed by atoms with Gasteiger partial charge in [0.05, 0.1) is 0 Å². The summed E-state index contributed by atoms with van der Waals surface area (Å²) in [6.45, 7) is 0. The maximum absolute atomic E-state index is 9.91. The quantitative estimate of drug-likeness (QED) is 0.483. The van der Waals surface area contributed by atoms with Crippen molar-refractivity contribution in [3.05, 3.63) is 11.5 Å². The Kier molecular flexibility index (Phi) is 4.96. The molecule has 0 aromatic rings. The van der Waals surface area contributed by atoms with Crippen LogP contribution in [-0.2, 0) is 4.79 Å². The van der Waals surface area contributed by atoms with Crippen LogP contribution in [0.4, 0.5) is 0 Å². The molecule has 5 heteroatoms. The summed E-state index contributed by atoms with van der Waals surface area (Å²) in [5.74, 6) is -0.966. The molecule has 56 valence electrons. The molecule has 0 aliphatic carbocycles. The molecule has 0 aliphatic heterocycles. The van der Waals surface area contributed by atoms with Crippen molar-refractivity contribution in [2.45, 2.75) is 0 Å². The minimum absolute atomic E-state index is 0.553. The van der Waals surface area contributed by atoms with Crippen LogP contribution in [-0.4, -0.2) is 22.4 Å². The summed E-state index contributed by atoms with van der Waals surface area (Å²) in [5, 5.41) is 12.2. The Morgan fingerprint density at radius 1 is 1.80 bits per heavy atom. The van der Waals surface area contributed by atoms with Crippen LogP contribution in [0, 0.1) is 0 Å². The van der Waals surface area contributed by atoms with Crippen molar-refractivity contribution >= 4 is 34.3 Å². The Hall–Kier alpha value is -0.550. The predicted octanol–water partition coefficient (Wildman–Crippen LogP) is 0.822. The summed E-state index contributed by atoms with van der Waals surface area (Å²) in [6, 6.07) is 0. The lowest BCUT2D eigenvalue weighted by atomic mass is 10.7. The van der Waals surface area contributed by atoms with Gasteiger partial charge in [-0.25, -0.2) is 4.79 Å². The lowest BCUT2D eigenvalue weighted by molar-refractivity contribution is -0.131. The zero-order valence-electron chi connectivity index (χ0n) is 5.33. The molecular formula is C5H7NO2S2. The van der Waals surface area contributed by atoms with Crippen molar-refractivity contribution in [2.24, 2.45) is 0 Å². The Morgan fingerprint density at radius 2 is 2.40 bits per heavy atom. The van der Waals surface area contributed by atoms with Crippen LogP contribution < -0.4 is 5.32 Å². The van der Waals surface area contributed by atoms with Crippen LogP contribution in [0.1, 0.15) is 0 Å². The first-order valence-corrected chi connectivity index (χ1v) is 3.73. The zero-order valence-corrected chi connectivity index (χ0v) is 6.96. The second kappa shape index (κ2) is 5.25. The normalized spacial score (nSPS) is 9.70. The number of thioether (sulfide) groups is 1. The zero-order chi connectivity index (χ0) is 7.98. The van der Waals surface area contributed by atoms with Gasteiger partial charge in [-0.1, -0.05) is 24.0 Å². The first-order valence-electron chi connectivity index (χ1n) is 2.44. The van der Waals surface area contributed by atoms with E-state index in [0.29, 0.717) is 4.32 Å². The highest BCUT2D eigenvalue weighted by atomic mass is 32.2. The van der Waals surface area contributed by atoms with Crippen LogP contribution >= 0.6 is 24.0 Å². The minimum Gasteiger partial charge on any atom is -0.478 e. The molecule has 0 amide bonds. The van der Waals surface area contributed by atoms with Crippen LogP contribution in [0.25, 0.3) is 0 Å². The lowest BCUT2D eigenvalue weighted by Crippen LogP contribution is -2.09. The Balaban J connectivity index is 3.53. The Bertz CT molecular complexity index is 167. The molecule has 10 heavy (non-hydrogen) atoms. The number of carbonyl (C=O) groups is 1. The molecule has 0 unspecified atom stereocenters. The van der Waals surface area contributed by atoms with Crippen molar-refractivity contribution in [3.63, 3.8) is 0 Å². The average Bonchev–Trinajstić information content (AvgIpc) is 1.87. The number of thiocarbonyl (C=S) groups is 1. The molecule has 0 rings (SSSR count). The van der Waals surface area contributed by atoms with Gasteiger partial charge >= 0.3 is 5.97 Å². The third-order valence-corrected chi connectivity index (χ3v) is 1.77. The van der Waals surface area contributed by atoms with E-state index in [2.05, 4.69) is 5.32 Å². The molecule has 0 bridgehead atoms. The number of hydrogen-bond donors (Lipinski definition) is 2. The van der Waals surface area contributed by atoms with Gasteiger partial charge in [0.15, 0.2) is 0 Å². The van der Waals surface area contributed by atoms with E-state index in [9.17, 15) is 4.79 Å². The lowest BCUT2D eigenvalue weighted by Gasteiger charge is -1.93. The van der Waals surface area contributed by atoms with Gasteiger partial charge in [0.25, 0.3) is 0 Å². The summed E-state index contributed by atoms with van der Waals surface area (Å²) in [6.07, 6.45) is 1.04. The molecular weight excluding hydrogens is 170 g/mol. The summed E-state index contributed by atoms with van der Waals surface area (Å²) >= 11 is 5.88. The van der Waals surface area contributed by atoms with Gasteiger partial charge in [-0.2, -0.15) is 0 Å². The monoisotopic (exact) mass is 177 g/mol. The fourth-order valence-corrected chi connectivity index (χ4v) is 0.806. The van der Waals surface area contributed by atoms with Crippen molar-refractivity contribution < 1.29 is 9.90 Å². The SMILES string of the molecule is CNC(=S)S/C=C/C(=O)O. The molecule has 2 N–H and O–H groups in total.